The lowest BCUT2D eigenvalue weighted by Gasteiger charge is -2.27. The normalized spacial score (nSPS) is 14.7. The minimum atomic E-state index is -4.26. The molecule has 16 heavy (non-hydrogen) atoms. The molecular weight excluding hydrogens is 221 g/mol. The van der Waals surface area contributed by atoms with Gasteiger partial charge in [0, 0.05) is 0 Å². The summed E-state index contributed by atoms with van der Waals surface area (Å²) in [7, 11) is 0. The molecule has 2 nitrogen and oxygen atoms in total. The highest BCUT2D eigenvalue weighted by atomic mass is 19.4. The van der Waals surface area contributed by atoms with Gasteiger partial charge in [-0.1, -0.05) is 13.8 Å². The molecule has 0 rings (SSSR count). The number of ether oxygens (including phenoxy) is 1. The van der Waals surface area contributed by atoms with E-state index in [4.69, 9.17) is 4.74 Å². The van der Waals surface area contributed by atoms with E-state index in [1.165, 1.54) is 13.8 Å². The van der Waals surface area contributed by atoms with E-state index in [9.17, 15) is 18.0 Å². The number of alkyl halides is 3. The summed E-state index contributed by atoms with van der Waals surface area (Å²) in [5.41, 5.74) is -1.09. The number of rotatable bonds is 5. The molecule has 5 heteroatoms. The Labute approximate surface area is 94.2 Å². The second-order valence-corrected chi connectivity index (χ2v) is 4.67. The molecule has 0 aromatic carbocycles. The highest BCUT2D eigenvalue weighted by Crippen LogP contribution is 2.36. The zero-order valence-corrected chi connectivity index (χ0v) is 10.1. The first-order valence-electron chi connectivity index (χ1n) is 5.35. The van der Waals surface area contributed by atoms with Crippen LogP contribution >= 0.6 is 0 Å². The van der Waals surface area contributed by atoms with Gasteiger partial charge >= 0.3 is 12.1 Å². The van der Waals surface area contributed by atoms with Gasteiger partial charge in [-0.2, -0.15) is 13.2 Å². The van der Waals surface area contributed by atoms with E-state index in [1.54, 1.807) is 0 Å². The van der Waals surface area contributed by atoms with E-state index in [0.29, 0.717) is 6.42 Å². The van der Waals surface area contributed by atoms with Crippen LogP contribution in [-0.4, -0.2) is 18.8 Å². The summed E-state index contributed by atoms with van der Waals surface area (Å²) in [4.78, 5) is 11.5. The minimum absolute atomic E-state index is 0.251. The third-order valence-corrected chi connectivity index (χ3v) is 2.37. The van der Waals surface area contributed by atoms with Gasteiger partial charge in [-0.3, -0.25) is 4.79 Å². The molecule has 0 aromatic rings. The van der Waals surface area contributed by atoms with Crippen molar-refractivity contribution in [1.29, 1.82) is 0 Å². The van der Waals surface area contributed by atoms with Crippen LogP contribution in [0.1, 0.15) is 40.5 Å². The summed E-state index contributed by atoms with van der Waals surface area (Å²) in [5, 5.41) is 0. The molecule has 0 amide bonds. The molecule has 0 bridgehead atoms. The first kappa shape index (κ1) is 15.3. The quantitative estimate of drug-likeness (QED) is 0.687. The first-order chi connectivity index (χ1) is 7.11. The third kappa shape index (κ3) is 4.86. The fraction of sp³-hybridized carbons (Fsp3) is 0.909. The summed E-state index contributed by atoms with van der Waals surface area (Å²) in [6.07, 6.45) is -3.85. The number of esters is 1. The fourth-order valence-electron chi connectivity index (χ4n) is 1.35. The van der Waals surface area contributed by atoms with Gasteiger partial charge in [0.25, 0.3) is 0 Å². The maximum Gasteiger partial charge on any atom is 0.391 e. The standard InChI is InChI=1S/C11H19F3O2/c1-5-6-16-9(15)10(3,4)7-8(2)11(12,13)14/h8H,5-7H2,1-4H3. The van der Waals surface area contributed by atoms with Crippen molar-refractivity contribution >= 4 is 5.97 Å². The number of halogens is 3. The Bertz CT molecular complexity index is 234. The molecule has 1 atom stereocenters. The molecule has 0 aliphatic rings. The molecule has 1 unspecified atom stereocenters. The van der Waals surface area contributed by atoms with Crippen LogP contribution in [-0.2, 0) is 9.53 Å². The lowest BCUT2D eigenvalue weighted by Crippen LogP contribution is -2.33. The molecule has 0 fully saturated rings. The van der Waals surface area contributed by atoms with Crippen molar-refractivity contribution in [1.82, 2.24) is 0 Å². The fourth-order valence-corrected chi connectivity index (χ4v) is 1.35. The van der Waals surface area contributed by atoms with Crippen molar-refractivity contribution in [2.75, 3.05) is 6.61 Å². The number of hydrogen-bond donors (Lipinski definition) is 0. The lowest BCUT2D eigenvalue weighted by molar-refractivity contribution is -0.182. The number of carbonyl (C=O) groups is 1. The molecular formula is C11H19F3O2. The van der Waals surface area contributed by atoms with Gasteiger partial charge in [0.05, 0.1) is 17.9 Å². The average molecular weight is 240 g/mol. The Morgan fingerprint density at radius 3 is 2.19 bits per heavy atom. The van der Waals surface area contributed by atoms with Crippen LogP contribution in [0.4, 0.5) is 13.2 Å². The van der Waals surface area contributed by atoms with Crippen molar-refractivity contribution in [3.63, 3.8) is 0 Å². The van der Waals surface area contributed by atoms with Gasteiger partial charge in [-0.05, 0) is 26.7 Å². The predicted octanol–water partition coefficient (Wildman–Crippen LogP) is 3.55. The molecule has 0 aromatic heterocycles. The van der Waals surface area contributed by atoms with E-state index in [2.05, 4.69) is 0 Å². The molecule has 0 spiro atoms. The zero-order valence-electron chi connectivity index (χ0n) is 10.1. The largest absolute Gasteiger partial charge is 0.465 e. The van der Waals surface area contributed by atoms with Gasteiger partial charge in [0.1, 0.15) is 0 Å². The molecule has 0 aliphatic carbocycles. The predicted molar refractivity (Wildman–Crippen MR) is 54.9 cm³/mol. The molecule has 0 saturated carbocycles. The number of hydrogen-bond acceptors (Lipinski definition) is 2. The zero-order chi connectivity index (χ0) is 13.0. The Balaban J connectivity index is 4.38. The monoisotopic (exact) mass is 240 g/mol. The van der Waals surface area contributed by atoms with Crippen LogP contribution < -0.4 is 0 Å². The Kier molecular flexibility index (Phi) is 5.29. The lowest BCUT2D eigenvalue weighted by atomic mass is 9.83. The van der Waals surface area contributed by atoms with Gasteiger partial charge in [0.2, 0.25) is 0 Å². The second kappa shape index (κ2) is 5.55. The van der Waals surface area contributed by atoms with Crippen molar-refractivity contribution in [2.24, 2.45) is 11.3 Å². The highest BCUT2D eigenvalue weighted by molar-refractivity contribution is 5.75. The van der Waals surface area contributed by atoms with Crippen molar-refractivity contribution < 1.29 is 22.7 Å². The van der Waals surface area contributed by atoms with Gasteiger partial charge in [0.15, 0.2) is 0 Å². The molecule has 0 heterocycles. The van der Waals surface area contributed by atoms with Crippen LogP contribution in [0.5, 0.6) is 0 Å². The average Bonchev–Trinajstić information content (AvgIpc) is 2.11. The van der Waals surface area contributed by atoms with Crippen molar-refractivity contribution in [3.8, 4) is 0 Å². The highest BCUT2D eigenvalue weighted by Gasteiger charge is 2.42. The first-order valence-corrected chi connectivity index (χ1v) is 5.35. The second-order valence-electron chi connectivity index (χ2n) is 4.67. The van der Waals surface area contributed by atoms with Crippen LogP contribution in [0, 0.1) is 11.3 Å². The van der Waals surface area contributed by atoms with Crippen LogP contribution in [0.2, 0.25) is 0 Å². The van der Waals surface area contributed by atoms with E-state index in [1.807, 2.05) is 6.92 Å². The van der Waals surface area contributed by atoms with Gasteiger partial charge in [-0.25, -0.2) is 0 Å². The Hall–Kier alpha value is -0.740. The van der Waals surface area contributed by atoms with Crippen molar-refractivity contribution in [2.45, 2.75) is 46.7 Å². The summed E-state index contributed by atoms with van der Waals surface area (Å²) in [6.45, 7) is 6.12. The summed E-state index contributed by atoms with van der Waals surface area (Å²) in [6, 6.07) is 0. The smallest absolute Gasteiger partial charge is 0.391 e. The SMILES string of the molecule is CCCOC(=O)C(C)(C)CC(C)C(F)(F)F. The van der Waals surface area contributed by atoms with Gasteiger partial charge < -0.3 is 4.74 Å². The van der Waals surface area contributed by atoms with E-state index in [0.717, 1.165) is 6.92 Å². The Morgan fingerprint density at radius 2 is 1.81 bits per heavy atom. The van der Waals surface area contributed by atoms with E-state index in [-0.39, 0.29) is 13.0 Å². The van der Waals surface area contributed by atoms with Crippen molar-refractivity contribution in [3.05, 3.63) is 0 Å². The maximum atomic E-state index is 12.3. The van der Waals surface area contributed by atoms with E-state index < -0.39 is 23.5 Å². The summed E-state index contributed by atoms with van der Waals surface area (Å²) < 4.78 is 41.9. The van der Waals surface area contributed by atoms with Crippen LogP contribution in [0.25, 0.3) is 0 Å². The van der Waals surface area contributed by atoms with Crippen LogP contribution in [0.15, 0.2) is 0 Å². The summed E-state index contributed by atoms with van der Waals surface area (Å²) >= 11 is 0. The minimum Gasteiger partial charge on any atom is -0.465 e. The third-order valence-electron chi connectivity index (χ3n) is 2.37. The topological polar surface area (TPSA) is 26.3 Å². The molecule has 0 aliphatic heterocycles. The molecule has 0 N–H and O–H groups in total. The maximum absolute atomic E-state index is 12.3. The number of carbonyl (C=O) groups excluding carboxylic acids is 1. The summed E-state index contributed by atoms with van der Waals surface area (Å²) in [5.74, 6) is -2.07. The Morgan fingerprint density at radius 1 is 1.31 bits per heavy atom. The molecule has 96 valence electrons. The molecule has 0 radical (unpaired) electrons. The van der Waals surface area contributed by atoms with E-state index >= 15 is 0 Å². The van der Waals surface area contributed by atoms with Crippen LogP contribution in [0.3, 0.4) is 0 Å². The molecule has 0 saturated heterocycles. The van der Waals surface area contributed by atoms with Gasteiger partial charge in [-0.15, -0.1) is 0 Å².